The quantitative estimate of drug-likeness (QED) is 0.384. The third-order valence-corrected chi connectivity index (χ3v) is 6.42. The van der Waals surface area contributed by atoms with E-state index in [-0.39, 0.29) is 12.5 Å². The maximum absolute atomic E-state index is 12.6. The molecular formula is C24H30AtFN2O4. The number of nitrogens with zero attached hydrogens (tertiary/aromatic N) is 1. The molecule has 174 valence electrons. The number of halogens is 1. The minimum atomic E-state index is -0.584. The Morgan fingerprint density at radius 3 is 2.56 bits per heavy atom. The molecule has 32 heavy (non-hydrogen) atoms. The molecule has 1 aliphatic heterocycles. The van der Waals surface area contributed by atoms with Crippen molar-refractivity contribution in [1.82, 2.24) is 10.2 Å². The molecule has 2 aromatic rings. The number of carbonyl (C=O) groups is 1. The summed E-state index contributed by atoms with van der Waals surface area (Å²) in [4.78, 5) is 15.0. The van der Waals surface area contributed by atoms with Crippen LogP contribution < -0.4 is 22.8 Å². The number of hydrogen-bond acceptors (Lipinski definition) is 5. The van der Waals surface area contributed by atoms with Gasteiger partial charge in [0.15, 0.2) is 11.5 Å². The van der Waals surface area contributed by atoms with Crippen LogP contribution in [0.25, 0.3) is 0 Å². The van der Waals surface area contributed by atoms with Crippen molar-refractivity contribution in [2.45, 2.75) is 25.8 Å². The number of amides is 1. The Kier molecular flexibility index (Phi) is 9.55. The van der Waals surface area contributed by atoms with Crippen LogP contribution in [-0.4, -0.2) is 57.9 Å². The Bertz CT molecular complexity index is 925. The molecule has 1 heterocycles. The molecule has 0 saturated heterocycles. The molecule has 0 aromatic heterocycles. The fourth-order valence-electron chi connectivity index (χ4n) is 3.84. The van der Waals surface area contributed by atoms with E-state index in [1.807, 2.05) is 6.07 Å². The zero-order chi connectivity index (χ0) is 22.9. The van der Waals surface area contributed by atoms with E-state index < -0.39 is 6.67 Å². The van der Waals surface area contributed by atoms with Crippen LogP contribution in [-0.2, 0) is 13.0 Å². The number of nitrogens with one attached hydrogen (secondary N) is 1. The molecule has 0 unspecified atom stereocenters. The second-order valence-electron chi connectivity index (χ2n) is 7.64. The van der Waals surface area contributed by atoms with Crippen LogP contribution in [0, 0.1) is 24.7 Å². The van der Waals surface area contributed by atoms with Crippen molar-refractivity contribution < 1.29 is 48.1 Å². The summed E-state index contributed by atoms with van der Waals surface area (Å²) in [5.74, 6) is 1.80. The summed E-state index contributed by atoms with van der Waals surface area (Å²) in [5, 5.41) is 2.97. The summed E-state index contributed by atoms with van der Waals surface area (Å²) in [7, 11) is 3.32. The summed E-state index contributed by atoms with van der Waals surface area (Å²) in [6.07, 6.45) is 2.87. The number of unbranched alkanes of at least 4 members (excludes halogenated alkanes) is 1. The second kappa shape index (κ2) is 12.4. The van der Waals surface area contributed by atoms with Gasteiger partial charge >= 0.3 is 152 Å². The van der Waals surface area contributed by atoms with E-state index in [4.69, 9.17) is 14.2 Å². The van der Waals surface area contributed by atoms with Crippen LogP contribution in [0.5, 0.6) is 17.2 Å². The maximum atomic E-state index is 12.6. The van der Waals surface area contributed by atoms with Gasteiger partial charge in [0.25, 0.3) is 0 Å². The summed E-state index contributed by atoms with van der Waals surface area (Å²) in [6.45, 7) is 2.83. The number of hydrogen-bond donors (Lipinski definition) is 1. The van der Waals surface area contributed by atoms with Crippen molar-refractivity contribution in [3.05, 3.63) is 47.0 Å². The first-order valence-corrected chi connectivity index (χ1v) is 12.2. The molecule has 1 N–H and O–H groups in total. The number of methoxy groups -OCH3 is 2. The van der Waals surface area contributed by atoms with Crippen LogP contribution in [0.1, 0.15) is 34.3 Å². The van der Waals surface area contributed by atoms with Crippen LogP contribution in [0.3, 0.4) is 0 Å². The molecule has 0 bridgehead atoms. The average Bonchev–Trinajstić information content (AvgIpc) is 2.81. The van der Waals surface area contributed by atoms with Crippen molar-refractivity contribution in [2.24, 2.45) is 0 Å². The standard InChI is InChI=1S/C24H30AtFN2O4/c1-30-22-13-17-7-11-28(16-18(17)14-23(22)31-2)10-4-3-9-27-24(29)20-15-19(25)5-6-21(20)32-12-8-26/h5-6,13-15H,3-4,7-12,16H2,1-2H3,(H,27,29). The average molecular weight is 640 g/mol. The second-order valence-corrected chi connectivity index (χ2v) is 9.34. The number of fused-ring (bicyclic) bond motifs is 1. The van der Waals surface area contributed by atoms with Crippen LogP contribution in [0.15, 0.2) is 30.3 Å². The summed E-state index contributed by atoms with van der Waals surface area (Å²) in [5.41, 5.74) is 3.07. The Morgan fingerprint density at radius 1 is 1.09 bits per heavy atom. The molecule has 0 atom stereocenters. The Labute approximate surface area is 204 Å². The van der Waals surface area contributed by atoms with Gasteiger partial charge in [0, 0.05) is 0 Å². The first-order valence-electron chi connectivity index (χ1n) is 10.8. The number of rotatable bonds is 11. The van der Waals surface area contributed by atoms with E-state index in [2.05, 4.69) is 22.3 Å². The first-order chi connectivity index (χ1) is 15.5. The SMILES string of the molecule is COc1cc2c(cc1OC)CN(CCCCNC(=O)c1cc([At])ccc1OCCF)CC2. The molecule has 1 aliphatic rings. The molecule has 0 aliphatic carbocycles. The first kappa shape index (κ1) is 24.7. The van der Waals surface area contributed by atoms with Gasteiger partial charge in [-0.25, -0.2) is 0 Å². The molecular weight excluding hydrogens is 609 g/mol. The van der Waals surface area contributed by atoms with Gasteiger partial charge in [-0.05, 0) is 17.7 Å². The molecule has 1 amide bonds. The molecule has 6 nitrogen and oxygen atoms in total. The predicted octanol–water partition coefficient (Wildman–Crippen LogP) is 2.80. The van der Waals surface area contributed by atoms with E-state index in [0.717, 1.165) is 53.7 Å². The van der Waals surface area contributed by atoms with Gasteiger partial charge in [0.1, 0.15) is 0 Å². The molecule has 0 fully saturated rings. The van der Waals surface area contributed by atoms with Crippen molar-refractivity contribution in [2.75, 3.05) is 47.1 Å². The number of alkyl halides is 1. The summed E-state index contributed by atoms with van der Waals surface area (Å²) in [6, 6.07) is 9.57. The Morgan fingerprint density at radius 2 is 1.84 bits per heavy atom. The van der Waals surface area contributed by atoms with E-state index in [9.17, 15) is 9.18 Å². The minimum absolute atomic E-state index is 0.0501. The van der Waals surface area contributed by atoms with Gasteiger partial charge in [0.2, 0.25) is 0 Å². The molecule has 0 radical (unpaired) electrons. The third kappa shape index (κ3) is 6.55. The van der Waals surface area contributed by atoms with Crippen LogP contribution in [0.4, 0.5) is 4.39 Å². The van der Waals surface area contributed by atoms with Gasteiger partial charge < -0.3 is 9.47 Å². The van der Waals surface area contributed by atoms with Crippen molar-refractivity contribution >= 4 is 9.18 Å². The molecule has 3 rings (SSSR count). The number of ether oxygens (including phenoxy) is 3. The van der Waals surface area contributed by atoms with E-state index >= 15 is 0 Å². The molecule has 2 aromatic carbocycles. The predicted molar refractivity (Wildman–Crippen MR) is 118 cm³/mol. The fraction of sp³-hybridized carbons (Fsp3) is 0.458. The van der Waals surface area contributed by atoms with Gasteiger partial charge in [-0.1, -0.05) is 0 Å². The third-order valence-electron chi connectivity index (χ3n) is 5.50. The number of carbonyl (C=O) groups excluding carboxylic acids is 1. The topological polar surface area (TPSA) is 60.0 Å². The van der Waals surface area contributed by atoms with Crippen molar-refractivity contribution in [1.29, 1.82) is 0 Å². The van der Waals surface area contributed by atoms with Gasteiger partial charge in [-0.3, -0.25) is 0 Å². The molecule has 0 saturated carbocycles. The van der Waals surface area contributed by atoms with Crippen LogP contribution >= 0.6 is 0 Å². The molecule has 8 heteroatoms. The summed E-state index contributed by atoms with van der Waals surface area (Å²) < 4.78 is 29.7. The normalized spacial score (nSPS) is 13.4. The number of benzene rings is 2. The van der Waals surface area contributed by atoms with Crippen molar-refractivity contribution in [3.8, 4) is 17.2 Å². The van der Waals surface area contributed by atoms with Gasteiger partial charge in [-0.15, -0.1) is 0 Å². The summed E-state index contributed by atoms with van der Waals surface area (Å²) >= 11 is 1.48. The zero-order valence-corrected chi connectivity index (χ0v) is 21.5. The fourth-order valence-corrected chi connectivity index (χ4v) is 4.51. The van der Waals surface area contributed by atoms with Gasteiger partial charge in [-0.2, -0.15) is 0 Å². The van der Waals surface area contributed by atoms with E-state index in [0.29, 0.717) is 17.9 Å². The monoisotopic (exact) mass is 639 g/mol. The Balaban J connectivity index is 1.45. The van der Waals surface area contributed by atoms with E-state index in [1.54, 1.807) is 26.4 Å². The Hall–Kier alpha value is -1.92. The van der Waals surface area contributed by atoms with Crippen LogP contribution in [0.2, 0.25) is 0 Å². The van der Waals surface area contributed by atoms with Crippen molar-refractivity contribution in [3.63, 3.8) is 0 Å². The molecule has 0 spiro atoms. The van der Waals surface area contributed by atoms with E-state index in [1.165, 1.54) is 35.8 Å². The van der Waals surface area contributed by atoms with Gasteiger partial charge in [0.05, 0.1) is 14.2 Å². The zero-order valence-electron chi connectivity index (χ0n) is 18.6.